The molecule has 8 nitrogen and oxygen atoms in total. The van der Waals surface area contributed by atoms with E-state index < -0.39 is 27.4 Å². The zero-order valence-corrected chi connectivity index (χ0v) is 12.9. The van der Waals surface area contributed by atoms with E-state index in [1.807, 2.05) is 0 Å². The van der Waals surface area contributed by atoms with Crippen LogP contribution in [0.1, 0.15) is 37.2 Å². The fourth-order valence-electron chi connectivity index (χ4n) is 1.82. The van der Waals surface area contributed by atoms with E-state index in [9.17, 15) is 18.0 Å². The molecule has 118 valence electrons. The minimum Gasteiger partial charge on any atom is -0.481 e. The molecular weight excluding hydrogens is 298 g/mol. The fourth-order valence-corrected chi connectivity index (χ4v) is 3.33. The van der Waals surface area contributed by atoms with Gasteiger partial charge < -0.3 is 15.4 Å². The lowest BCUT2D eigenvalue weighted by Gasteiger charge is -2.24. The van der Waals surface area contributed by atoms with E-state index >= 15 is 0 Å². The van der Waals surface area contributed by atoms with E-state index in [0.717, 1.165) is 0 Å². The van der Waals surface area contributed by atoms with Gasteiger partial charge in [0, 0.05) is 25.2 Å². The smallest absolute Gasteiger partial charge is 0.303 e. The van der Waals surface area contributed by atoms with Crippen LogP contribution in [0.25, 0.3) is 0 Å². The molecule has 21 heavy (non-hydrogen) atoms. The predicted molar refractivity (Wildman–Crippen MR) is 75.2 cm³/mol. The number of aromatic nitrogens is 1. The zero-order valence-electron chi connectivity index (χ0n) is 12.1. The van der Waals surface area contributed by atoms with Gasteiger partial charge in [-0.15, -0.1) is 0 Å². The third kappa shape index (κ3) is 4.57. The van der Waals surface area contributed by atoms with E-state index in [1.165, 1.54) is 23.9 Å². The number of amides is 1. The summed E-state index contributed by atoms with van der Waals surface area (Å²) in [5.41, 5.74) is 4.28. The third-order valence-electron chi connectivity index (χ3n) is 2.92. The van der Waals surface area contributed by atoms with Gasteiger partial charge in [0.25, 0.3) is 5.91 Å². The Kier molecular flexibility index (Phi) is 4.79. The average Bonchev–Trinajstić information content (AvgIpc) is 2.68. The molecule has 0 atom stereocenters. The van der Waals surface area contributed by atoms with Crippen LogP contribution in [0.4, 0.5) is 0 Å². The van der Waals surface area contributed by atoms with Crippen molar-refractivity contribution in [2.45, 2.75) is 37.1 Å². The van der Waals surface area contributed by atoms with Gasteiger partial charge >= 0.3 is 5.97 Å². The number of primary amides is 1. The van der Waals surface area contributed by atoms with Gasteiger partial charge in [-0.25, -0.2) is 13.1 Å². The van der Waals surface area contributed by atoms with Crippen molar-refractivity contribution in [2.24, 2.45) is 12.8 Å². The second-order valence-corrected chi connectivity index (χ2v) is 7.10. The first kappa shape index (κ1) is 17.2. The largest absolute Gasteiger partial charge is 0.481 e. The van der Waals surface area contributed by atoms with Crippen molar-refractivity contribution in [2.75, 3.05) is 0 Å². The normalized spacial score (nSPS) is 12.3. The number of carboxylic acid groups (broad SMARTS) is 1. The van der Waals surface area contributed by atoms with Crippen LogP contribution in [0.3, 0.4) is 0 Å². The maximum atomic E-state index is 12.3. The Hall–Kier alpha value is -1.87. The number of sulfonamides is 1. The number of hydrogen-bond donors (Lipinski definition) is 3. The van der Waals surface area contributed by atoms with Gasteiger partial charge in [-0.3, -0.25) is 9.59 Å². The number of carbonyl (C=O) groups is 2. The van der Waals surface area contributed by atoms with Crippen molar-refractivity contribution in [3.8, 4) is 0 Å². The molecule has 0 saturated heterocycles. The van der Waals surface area contributed by atoms with E-state index in [-0.39, 0.29) is 23.4 Å². The van der Waals surface area contributed by atoms with Gasteiger partial charge in [0.1, 0.15) is 10.6 Å². The Morgan fingerprint density at radius 1 is 1.43 bits per heavy atom. The zero-order chi connectivity index (χ0) is 16.4. The van der Waals surface area contributed by atoms with Gasteiger partial charge in [0.15, 0.2) is 0 Å². The lowest BCUT2D eigenvalue weighted by atomic mass is 10.0. The van der Waals surface area contributed by atoms with Crippen LogP contribution in [-0.2, 0) is 21.9 Å². The summed E-state index contributed by atoms with van der Waals surface area (Å²) in [6, 6.07) is 1.18. The summed E-state index contributed by atoms with van der Waals surface area (Å²) in [6.45, 7) is 3.18. The molecule has 1 rings (SSSR count). The lowest BCUT2D eigenvalue weighted by molar-refractivity contribution is -0.137. The van der Waals surface area contributed by atoms with Crippen LogP contribution >= 0.6 is 0 Å². The highest BCUT2D eigenvalue weighted by Crippen LogP contribution is 2.19. The van der Waals surface area contributed by atoms with Crippen molar-refractivity contribution in [1.29, 1.82) is 0 Å². The van der Waals surface area contributed by atoms with Gasteiger partial charge in [-0.05, 0) is 26.3 Å². The molecule has 1 amide bonds. The highest BCUT2D eigenvalue weighted by Gasteiger charge is 2.28. The van der Waals surface area contributed by atoms with Crippen molar-refractivity contribution in [3.63, 3.8) is 0 Å². The summed E-state index contributed by atoms with van der Waals surface area (Å²) in [5.74, 6) is -1.73. The number of carbonyl (C=O) groups excluding carboxylic acids is 1. The first-order valence-electron chi connectivity index (χ1n) is 6.16. The maximum absolute atomic E-state index is 12.3. The molecule has 1 heterocycles. The second-order valence-electron chi connectivity index (χ2n) is 5.42. The molecule has 0 aliphatic rings. The van der Waals surface area contributed by atoms with Crippen LogP contribution < -0.4 is 10.5 Å². The SMILES string of the molecule is Cn1cc(S(=O)(=O)NC(C)(C)CCC(=O)O)cc1C(N)=O. The highest BCUT2D eigenvalue weighted by atomic mass is 32.2. The van der Waals surface area contributed by atoms with Crippen molar-refractivity contribution in [3.05, 3.63) is 18.0 Å². The number of rotatable bonds is 7. The molecular formula is C12H19N3O5S. The Bertz CT molecular complexity index is 660. The Balaban J connectivity index is 2.98. The minimum absolute atomic E-state index is 0.0683. The van der Waals surface area contributed by atoms with Gasteiger partial charge in [0.2, 0.25) is 10.0 Å². The molecule has 1 aromatic rings. The Morgan fingerprint density at radius 2 is 2.00 bits per heavy atom. The number of carboxylic acids is 1. The standard InChI is InChI=1S/C12H19N3O5S/c1-12(2,5-4-10(16)17)14-21(19,20)8-6-9(11(13)18)15(3)7-8/h6-7,14H,4-5H2,1-3H3,(H2,13,18)(H,16,17). The topological polar surface area (TPSA) is 131 Å². The fraction of sp³-hybridized carbons (Fsp3) is 0.500. The predicted octanol–water partition coefficient (Wildman–Crippen LogP) is 0.0457. The molecule has 0 bridgehead atoms. The van der Waals surface area contributed by atoms with Crippen LogP contribution in [0, 0.1) is 0 Å². The lowest BCUT2D eigenvalue weighted by Crippen LogP contribution is -2.43. The molecule has 0 saturated carbocycles. The first-order valence-corrected chi connectivity index (χ1v) is 7.65. The van der Waals surface area contributed by atoms with E-state index in [1.54, 1.807) is 13.8 Å². The molecule has 0 aromatic carbocycles. The van der Waals surface area contributed by atoms with Crippen molar-refractivity contribution in [1.82, 2.24) is 9.29 Å². The highest BCUT2D eigenvalue weighted by molar-refractivity contribution is 7.89. The summed E-state index contributed by atoms with van der Waals surface area (Å²) >= 11 is 0. The van der Waals surface area contributed by atoms with Crippen molar-refractivity contribution >= 4 is 21.9 Å². The molecule has 4 N–H and O–H groups in total. The third-order valence-corrected chi connectivity index (χ3v) is 4.58. The monoisotopic (exact) mass is 317 g/mol. The number of hydrogen-bond acceptors (Lipinski definition) is 4. The van der Waals surface area contributed by atoms with Crippen LogP contribution in [0.2, 0.25) is 0 Å². The second kappa shape index (κ2) is 5.86. The Morgan fingerprint density at radius 3 is 2.43 bits per heavy atom. The summed E-state index contributed by atoms with van der Waals surface area (Å²) in [7, 11) is -2.36. The van der Waals surface area contributed by atoms with Gasteiger partial charge in [0.05, 0.1) is 0 Å². The molecule has 0 fully saturated rings. The summed E-state index contributed by atoms with van der Waals surface area (Å²) in [5, 5.41) is 8.66. The van der Waals surface area contributed by atoms with Crippen LogP contribution in [0.15, 0.2) is 17.2 Å². The number of nitrogens with one attached hydrogen (secondary N) is 1. The molecule has 0 spiro atoms. The quantitative estimate of drug-likeness (QED) is 0.653. The molecule has 1 aromatic heterocycles. The van der Waals surface area contributed by atoms with E-state index in [0.29, 0.717) is 0 Å². The molecule has 0 aliphatic heterocycles. The Labute approximate surface area is 123 Å². The summed E-state index contributed by atoms with van der Waals surface area (Å²) < 4.78 is 28.3. The van der Waals surface area contributed by atoms with Gasteiger partial charge in [-0.2, -0.15) is 0 Å². The van der Waals surface area contributed by atoms with E-state index in [4.69, 9.17) is 10.8 Å². The minimum atomic E-state index is -3.87. The molecule has 0 radical (unpaired) electrons. The maximum Gasteiger partial charge on any atom is 0.303 e. The number of nitrogens with zero attached hydrogens (tertiary/aromatic N) is 1. The number of aliphatic carboxylic acids is 1. The number of nitrogens with two attached hydrogens (primary N) is 1. The number of aryl methyl sites for hydroxylation is 1. The van der Waals surface area contributed by atoms with Crippen LogP contribution in [-0.4, -0.2) is 35.5 Å². The molecule has 0 aliphatic carbocycles. The van der Waals surface area contributed by atoms with Gasteiger partial charge in [-0.1, -0.05) is 0 Å². The van der Waals surface area contributed by atoms with E-state index in [2.05, 4.69) is 4.72 Å². The van der Waals surface area contributed by atoms with Crippen molar-refractivity contribution < 1.29 is 23.1 Å². The average molecular weight is 317 g/mol. The summed E-state index contributed by atoms with van der Waals surface area (Å²) in [4.78, 5) is 21.6. The van der Waals surface area contributed by atoms with Crippen LogP contribution in [0.5, 0.6) is 0 Å². The first-order chi connectivity index (χ1) is 9.44. The summed E-state index contributed by atoms with van der Waals surface area (Å²) in [6.07, 6.45) is 1.25. The molecule has 0 unspecified atom stereocenters. The molecule has 9 heteroatoms.